The highest BCUT2D eigenvalue weighted by atomic mass is 35.5. The van der Waals surface area contributed by atoms with E-state index in [2.05, 4.69) is 5.32 Å². The number of rotatable bonds is 6. The molecule has 1 aromatic carbocycles. The summed E-state index contributed by atoms with van der Waals surface area (Å²) in [6.07, 6.45) is 0.619. The van der Waals surface area contributed by atoms with Gasteiger partial charge < -0.3 is 11.1 Å². The number of thioether (sulfide) groups is 1. The van der Waals surface area contributed by atoms with Crippen molar-refractivity contribution in [2.45, 2.75) is 18.6 Å². The molecule has 0 heterocycles. The van der Waals surface area contributed by atoms with E-state index >= 15 is 0 Å². The molecule has 0 aromatic heterocycles. The first-order valence-corrected chi connectivity index (χ1v) is 6.92. The molecular weight excluding hydrogens is 272 g/mol. The Morgan fingerprint density at radius 1 is 1.39 bits per heavy atom. The van der Waals surface area contributed by atoms with Gasteiger partial charge in [-0.3, -0.25) is 9.59 Å². The summed E-state index contributed by atoms with van der Waals surface area (Å²) in [6.45, 7) is 1.86. The summed E-state index contributed by atoms with van der Waals surface area (Å²) in [7, 11) is 0. The number of halogens is 1. The molecule has 0 saturated carbocycles. The first kappa shape index (κ1) is 14.9. The molecule has 3 N–H and O–H groups in total. The highest BCUT2D eigenvalue weighted by Gasteiger charge is 2.15. The van der Waals surface area contributed by atoms with E-state index in [1.54, 1.807) is 24.3 Å². The summed E-state index contributed by atoms with van der Waals surface area (Å²) in [5, 5.41) is 3.01. The summed E-state index contributed by atoms with van der Waals surface area (Å²) in [5.74, 6) is -0.354. The van der Waals surface area contributed by atoms with Crippen LogP contribution in [0.3, 0.4) is 0 Å². The maximum Gasteiger partial charge on any atom is 0.234 e. The van der Waals surface area contributed by atoms with E-state index in [1.807, 2.05) is 6.92 Å². The van der Waals surface area contributed by atoms with Gasteiger partial charge in [0.05, 0.1) is 11.0 Å². The second-order valence-electron chi connectivity index (χ2n) is 3.67. The van der Waals surface area contributed by atoms with Gasteiger partial charge in [-0.1, -0.05) is 18.5 Å². The Morgan fingerprint density at radius 2 is 2.00 bits per heavy atom. The van der Waals surface area contributed by atoms with Crippen LogP contribution in [0.15, 0.2) is 24.3 Å². The van der Waals surface area contributed by atoms with Crippen molar-refractivity contribution in [3.05, 3.63) is 29.3 Å². The van der Waals surface area contributed by atoms with Gasteiger partial charge in [0.25, 0.3) is 0 Å². The number of nitrogens with two attached hydrogens (primary N) is 1. The Hall–Kier alpha value is -1.20. The van der Waals surface area contributed by atoms with Gasteiger partial charge in [-0.15, -0.1) is 11.8 Å². The molecule has 0 radical (unpaired) electrons. The number of hydrogen-bond donors (Lipinski definition) is 2. The van der Waals surface area contributed by atoms with E-state index in [1.165, 1.54) is 11.8 Å². The minimum atomic E-state index is -0.387. The molecule has 1 rings (SSSR count). The second-order valence-corrected chi connectivity index (χ2v) is 5.29. The molecule has 0 aliphatic carbocycles. The van der Waals surface area contributed by atoms with Crippen molar-refractivity contribution < 1.29 is 9.59 Å². The van der Waals surface area contributed by atoms with E-state index < -0.39 is 0 Å². The number of amides is 2. The van der Waals surface area contributed by atoms with Crippen molar-refractivity contribution in [1.82, 2.24) is 0 Å². The Morgan fingerprint density at radius 3 is 2.50 bits per heavy atom. The lowest BCUT2D eigenvalue weighted by molar-refractivity contribution is -0.117. The number of anilines is 1. The van der Waals surface area contributed by atoms with Crippen molar-refractivity contribution in [1.29, 1.82) is 0 Å². The maximum absolute atomic E-state index is 11.6. The summed E-state index contributed by atoms with van der Waals surface area (Å²) in [6, 6.07) is 6.83. The lowest BCUT2D eigenvalue weighted by Crippen LogP contribution is -2.27. The fraction of sp³-hybridized carbons (Fsp3) is 0.333. The molecule has 1 aromatic rings. The number of nitrogens with one attached hydrogen (secondary N) is 1. The van der Waals surface area contributed by atoms with Crippen LogP contribution < -0.4 is 11.1 Å². The molecule has 0 aliphatic heterocycles. The highest BCUT2D eigenvalue weighted by molar-refractivity contribution is 8.01. The van der Waals surface area contributed by atoms with Crippen LogP contribution >= 0.6 is 23.4 Å². The topological polar surface area (TPSA) is 72.2 Å². The quantitative estimate of drug-likeness (QED) is 0.843. The molecule has 2 amide bonds. The molecule has 0 aliphatic rings. The standard InChI is InChI=1S/C12H15ClN2O2S/c1-2-10(12(14)17)18-7-11(16)15-9-5-3-8(13)4-6-9/h3-6,10H,2,7H2,1H3,(H2,14,17)(H,15,16). The average Bonchev–Trinajstić information content (AvgIpc) is 2.32. The van der Waals surface area contributed by atoms with E-state index in [0.29, 0.717) is 17.1 Å². The fourth-order valence-electron chi connectivity index (χ4n) is 1.31. The molecule has 18 heavy (non-hydrogen) atoms. The predicted molar refractivity (Wildman–Crippen MR) is 75.8 cm³/mol. The third-order valence-electron chi connectivity index (χ3n) is 2.23. The third-order valence-corrected chi connectivity index (χ3v) is 3.88. The first-order valence-electron chi connectivity index (χ1n) is 5.49. The number of benzene rings is 1. The Kier molecular flexibility index (Phi) is 6.01. The van der Waals surface area contributed by atoms with Gasteiger partial charge in [-0.05, 0) is 30.7 Å². The molecule has 1 atom stereocenters. The Balaban J connectivity index is 2.42. The number of primary amides is 1. The highest BCUT2D eigenvalue weighted by Crippen LogP contribution is 2.16. The van der Waals surface area contributed by atoms with Crippen molar-refractivity contribution in [2.24, 2.45) is 5.73 Å². The van der Waals surface area contributed by atoms with Crippen LogP contribution in [0.25, 0.3) is 0 Å². The van der Waals surface area contributed by atoms with Gasteiger partial charge in [-0.2, -0.15) is 0 Å². The van der Waals surface area contributed by atoms with Gasteiger partial charge in [0.1, 0.15) is 0 Å². The largest absolute Gasteiger partial charge is 0.369 e. The van der Waals surface area contributed by atoms with Gasteiger partial charge in [-0.25, -0.2) is 0 Å². The number of carbonyl (C=O) groups excluding carboxylic acids is 2. The molecule has 98 valence electrons. The van der Waals surface area contributed by atoms with Crippen molar-refractivity contribution in [2.75, 3.05) is 11.1 Å². The van der Waals surface area contributed by atoms with Gasteiger partial charge in [0.15, 0.2) is 0 Å². The van der Waals surface area contributed by atoms with Crippen LogP contribution in [0.1, 0.15) is 13.3 Å². The van der Waals surface area contributed by atoms with Crippen LogP contribution in [-0.2, 0) is 9.59 Å². The van der Waals surface area contributed by atoms with Crippen LogP contribution in [0.5, 0.6) is 0 Å². The molecule has 6 heteroatoms. The predicted octanol–water partition coefficient (Wildman–Crippen LogP) is 2.28. The lowest BCUT2D eigenvalue weighted by atomic mass is 10.3. The van der Waals surface area contributed by atoms with Crippen molar-refractivity contribution in [3.63, 3.8) is 0 Å². The molecule has 0 fully saturated rings. The summed E-state index contributed by atoms with van der Waals surface area (Å²) in [4.78, 5) is 22.6. The zero-order chi connectivity index (χ0) is 13.5. The summed E-state index contributed by atoms with van der Waals surface area (Å²) >= 11 is 6.98. The Bertz CT molecular complexity index is 423. The van der Waals surface area contributed by atoms with Gasteiger partial charge in [0.2, 0.25) is 11.8 Å². The van der Waals surface area contributed by atoms with Crippen molar-refractivity contribution in [3.8, 4) is 0 Å². The third kappa shape index (κ3) is 4.98. The number of hydrogen-bond acceptors (Lipinski definition) is 3. The van der Waals surface area contributed by atoms with Crippen LogP contribution in [0.2, 0.25) is 5.02 Å². The molecule has 4 nitrogen and oxygen atoms in total. The Labute approximate surface area is 115 Å². The minimum absolute atomic E-state index is 0.165. The van der Waals surface area contributed by atoms with E-state index in [9.17, 15) is 9.59 Å². The lowest BCUT2D eigenvalue weighted by Gasteiger charge is -2.10. The van der Waals surface area contributed by atoms with Gasteiger partial charge >= 0.3 is 0 Å². The maximum atomic E-state index is 11.6. The first-order chi connectivity index (χ1) is 8.52. The minimum Gasteiger partial charge on any atom is -0.369 e. The van der Waals surface area contributed by atoms with Crippen LogP contribution in [-0.4, -0.2) is 22.8 Å². The monoisotopic (exact) mass is 286 g/mol. The van der Waals surface area contributed by atoms with Crippen molar-refractivity contribution >= 4 is 40.9 Å². The molecule has 0 saturated heterocycles. The number of carbonyl (C=O) groups is 2. The molecular formula is C12H15ClN2O2S. The smallest absolute Gasteiger partial charge is 0.234 e. The molecule has 0 bridgehead atoms. The molecule has 0 spiro atoms. The van der Waals surface area contributed by atoms with E-state index in [0.717, 1.165) is 0 Å². The van der Waals surface area contributed by atoms with Crippen LogP contribution in [0, 0.1) is 0 Å². The average molecular weight is 287 g/mol. The summed E-state index contributed by atoms with van der Waals surface area (Å²) < 4.78 is 0. The molecule has 1 unspecified atom stereocenters. The normalized spacial score (nSPS) is 11.9. The fourth-order valence-corrected chi connectivity index (χ4v) is 2.26. The second kappa shape index (κ2) is 7.28. The zero-order valence-electron chi connectivity index (χ0n) is 9.98. The van der Waals surface area contributed by atoms with Crippen LogP contribution in [0.4, 0.5) is 5.69 Å². The van der Waals surface area contributed by atoms with E-state index in [-0.39, 0.29) is 22.8 Å². The zero-order valence-corrected chi connectivity index (χ0v) is 11.6. The summed E-state index contributed by atoms with van der Waals surface area (Å²) in [5.41, 5.74) is 5.87. The SMILES string of the molecule is CCC(SCC(=O)Nc1ccc(Cl)cc1)C(N)=O. The van der Waals surface area contributed by atoms with Gasteiger partial charge in [0, 0.05) is 10.7 Å². The van der Waals surface area contributed by atoms with E-state index in [4.69, 9.17) is 17.3 Å².